The van der Waals surface area contributed by atoms with Crippen LogP contribution >= 0.6 is 0 Å². The monoisotopic (exact) mass is 434 g/mol. The van der Waals surface area contributed by atoms with E-state index in [1.54, 1.807) is 18.9 Å². The first-order valence-electron chi connectivity index (χ1n) is 10.7. The van der Waals surface area contributed by atoms with E-state index in [0.717, 1.165) is 22.1 Å². The molecule has 1 atom stereocenters. The van der Waals surface area contributed by atoms with E-state index in [-0.39, 0.29) is 31.0 Å². The largest absolute Gasteiger partial charge is 0.497 e. The van der Waals surface area contributed by atoms with E-state index < -0.39 is 6.04 Å². The number of hydrogen-bond donors (Lipinski definition) is 1. The van der Waals surface area contributed by atoms with E-state index in [1.165, 1.54) is 0 Å². The number of carbonyl (C=O) groups is 2. The summed E-state index contributed by atoms with van der Waals surface area (Å²) in [5.41, 5.74) is 0.897. The Bertz CT molecular complexity index is 1060. The van der Waals surface area contributed by atoms with E-state index in [4.69, 9.17) is 9.47 Å². The highest BCUT2D eigenvalue weighted by Gasteiger charge is 2.27. The van der Waals surface area contributed by atoms with Gasteiger partial charge in [0.2, 0.25) is 5.91 Å². The van der Waals surface area contributed by atoms with Crippen molar-refractivity contribution in [3.05, 3.63) is 72.3 Å². The summed E-state index contributed by atoms with van der Waals surface area (Å²) in [7, 11) is 1.60. The van der Waals surface area contributed by atoms with Crippen LogP contribution in [0.2, 0.25) is 0 Å². The van der Waals surface area contributed by atoms with Gasteiger partial charge in [0.1, 0.15) is 17.5 Å². The number of methoxy groups -OCH3 is 1. The molecule has 0 heterocycles. The molecule has 6 nitrogen and oxygen atoms in total. The number of rotatable bonds is 9. The normalized spacial score (nSPS) is 11.8. The van der Waals surface area contributed by atoms with Crippen LogP contribution in [0, 0.1) is 0 Å². The lowest BCUT2D eigenvalue weighted by atomic mass is 10.1. The van der Waals surface area contributed by atoms with Gasteiger partial charge in [-0.05, 0) is 49.9 Å². The lowest BCUT2D eigenvalue weighted by molar-refractivity contribution is -0.142. The molecule has 2 amide bonds. The van der Waals surface area contributed by atoms with Crippen LogP contribution in [0.5, 0.6) is 11.5 Å². The molecular weight excluding hydrogens is 404 g/mol. The zero-order chi connectivity index (χ0) is 23.1. The number of nitrogens with one attached hydrogen (secondary N) is 1. The highest BCUT2D eigenvalue weighted by molar-refractivity contribution is 5.90. The molecule has 3 aromatic rings. The van der Waals surface area contributed by atoms with Gasteiger partial charge in [-0.1, -0.05) is 48.5 Å². The summed E-state index contributed by atoms with van der Waals surface area (Å²) < 4.78 is 11.1. The van der Waals surface area contributed by atoms with Crippen molar-refractivity contribution < 1.29 is 19.1 Å². The van der Waals surface area contributed by atoms with Crippen molar-refractivity contribution in [3.63, 3.8) is 0 Å². The fourth-order valence-corrected chi connectivity index (χ4v) is 3.46. The number of ether oxygens (including phenoxy) is 2. The Morgan fingerprint density at radius 1 is 0.938 bits per heavy atom. The molecule has 3 rings (SSSR count). The lowest BCUT2D eigenvalue weighted by Crippen LogP contribution is -2.50. The Morgan fingerprint density at radius 3 is 2.31 bits per heavy atom. The van der Waals surface area contributed by atoms with Gasteiger partial charge < -0.3 is 19.7 Å². The van der Waals surface area contributed by atoms with E-state index in [2.05, 4.69) is 5.32 Å². The molecular formula is C26H30N2O4. The predicted octanol–water partition coefficient (Wildman–Crippen LogP) is 4.17. The number of carbonyl (C=O) groups excluding carboxylic acids is 2. The van der Waals surface area contributed by atoms with Gasteiger partial charge in [-0.3, -0.25) is 9.59 Å². The number of fused-ring (bicyclic) bond motifs is 1. The predicted molar refractivity (Wildman–Crippen MR) is 126 cm³/mol. The Kier molecular flexibility index (Phi) is 7.71. The van der Waals surface area contributed by atoms with E-state index in [1.807, 2.05) is 80.6 Å². The minimum Gasteiger partial charge on any atom is -0.497 e. The van der Waals surface area contributed by atoms with Gasteiger partial charge in [-0.25, -0.2) is 0 Å². The first-order chi connectivity index (χ1) is 15.4. The fourth-order valence-electron chi connectivity index (χ4n) is 3.46. The van der Waals surface area contributed by atoms with Gasteiger partial charge in [-0.15, -0.1) is 0 Å². The average Bonchev–Trinajstić information content (AvgIpc) is 2.80. The van der Waals surface area contributed by atoms with Crippen LogP contribution in [-0.4, -0.2) is 42.5 Å². The first-order valence-corrected chi connectivity index (χ1v) is 10.7. The molecule has 168 valence electrons. The van der Waals surface area contributed by atoms with Gasteiger partial charge in [0.05, 0.1) is 7.11 Å². The van der Waals surface area contributed by atoms with Gasteiger partial charge in [-0.2, -0.15) is 0 Å². The van der Waals surface area contributed by atoms with E-state index >= 15 is 0 Å². The van der Waals surface area contributed by atoms with Crippen LogP contribution < -0.4 is 14.8 Å². The molecule has 0 aliphatic heterocycles. The Labute approximate surface area is 189 Å². The van der Waals surface area contributed by atoms with E-state index in [0.29, 0.717) is 5.75 Å². The zero-order valence-electron chi connectivity index (χ0n) is 19.0. The third-order valence-corrected chi connectivity index (χ3v) is 5.21. The Morgan fingerprint density at radius 2 is 1.62 bits per heavy atom. The van der Waals surface area contributed by atoms with E-state index in [9.17, 15) is 9.59 Å². The molecule has 1 N–H and O–H groups in total. The molecule has 0 spiro atoms. The topological polar surface area (TPSA) is 67.9 Å². The summed E-state index contributed by atoms with van der Waals surface area (Å²) in [5.74, 6) is 0.906. The lowest BCUT2D eigenvalue weighted by Gasteiger charge is -2.29. The Hall–Kier alpha value is -3.54. The van der Waals surface area contributed by atoms with Gasteiger partial charge >= 0.3 is 0 Å². The third-order valence-electron chi connectivity index (χ3n) is 5.21. The molecule has 0 radical (unpaired) electrons. The molecule has 0 fully saturated rings. The molecule has 0 unspecified atom stereocenters. The fraction of sp³-hybridized carbons (Fsp3) is 0.308. The van der Waals surface area contributed by atoms with Gasteiger partial charge in [0, 0.05) is 18.0 Å². The van der Waals surface area contributed by atoms with Gasteiger partial charge in [0.15, 0.2) is 6.61 Å². The summed E-state index contributed by atoms with van der Waals surface area (Å²) in [6.45, 7) is 5.64. The van der Waals surface area contributed by atoms with Gasteiger partial charge in [0.25, 0.3) is 5.91 Å². The maximum Gasteiger partial charge on any atom is 0.261 e. The molecule has 6 heteroatoms. The summed E-state index contributed by atoms with van der Waals surface area (Å²) in [6, 6.07) is 20.4. The minimum absolute atomic E-state index is 0.0187. The molecule has 3 aromatic carbocycles. The number of hydrogen-bond acceptors (Lipinski definition) is 4. The quantitative estimate of drug-likeness (QED) is 0.549. The zero-order valence-corrected chi connectivity index (χ0v) is 19.0. The van der Waals surface area contributed by atoms with Crippen molar-refractivity contribution in [2.75, 3.05) is 13.7 Å². The summed E-state index contributed by atoms with van der Waals surface area (Å²) in [4.78, 5) is 27.4. The van der Waals surface area contributed by atoms with Crippen LogP contribution in [0.15, 0.2) is 66.7 Å². The van der Waals surface area contributed by atoms with Crippen LogP contribution in [0.25, 0.3) is 10.8 Å². The molecule has 0 saturated carbocycles. The van der Waals surface area contributed by atoms with Crippen molar-refractivity contribution in [2.45, 2.75) is 39.4 Å². The third kappa shape index (κ3) is 5.78. The summed E-state index contributed by atoms with van der Waals surface area (Å²) >= 11 is 0. The van der Waals surface area contributed by atoms with Crippen molar-refractivity contribution in [1.29, 1.82) is 0 Å². The first kappa shape index (κ1) is 23.1. The van der Waals surface area contributed by atoms with Crippen LogP contribution in [0.3, 0.4) is 0 Å². The van der Waals surface area contributed by atoms with Crippen LogP contribution in [0.4, 0.5) is 0 Å². The molecule has 0 aliphatic rings. The van der Waals surface area contributed by atoms with Crippen molar-refractivity contribution >= 4 is 22.6 Å². The second kappa shape index (κ2) is 10.7. The minimum atomic E-state index is -0.650. The van der Waals surface area contributed by atoms with Crippen molar-refractivity contribution in [2.24, 2.45) is 0 Å². The smallest absolute Gasteiger partial charge is 0.261 e. The molecule has 0 bridgehead atoms. The molecule has 0 aromatic heterocycles. The summed E-state index contributed by atoms with van der Waals surface area (Å²) in [6.07, 6.45) is 0. The van der Waals surface area contributed by atoms with Crippen molar-refractivity contribution in [1.82, 2.24) is 10.2 Å². The number of nitrogens with zero attached hydrogens (tertiary/aromatic N) is 1. The average molecular weight is 435 g/mol. The maximum atomic E-state index is 13.2. The standard InChI is InChI=1S/C26H30N2O4/c1-18(2)27-26(30)19(3)28(16-20-12-14-22(31-4)15-13-20)25(29)17-32-24-11-7-9-21-8-5-6-10-23(21)24/h5-15,18-19H,16-17H2,1-4H3,(H,27,30)/t19-/m1/s1. The summed E-state index contributed by atoms with van der Waals surface area (Å²) in [5, 5.41) is 4.87. The Balaban J connectivity index is 1.78. The molecule has 32 heavy (non-hydrogen) atoms. The van der Waals surface area contributed by atoms with Crippen molar-refractivity contribution in [3.8, 4) is 11.5 Å². The van der Waals surface area contributed by atoms with Crippen LogP contribution in [0.1, 0.15) is 26.3 Å². The SMILES string of the molecule is COc1ccc(CN(C(=O)COc2cccc3ccccc23)[C@H](C)C(=O)NC(C)C)cc1. The highest BCUT2D eigenvalue weighted by atomic mass is 16.5. The number of benzene rings is 3. The second-order valence-electron chi connectivity index (χ2n) is 7.97. The highest BCUT2D eigenvalue weighted by Crippen LogP contribution is 2.25. The number of amides is 2. The second-order valence-corrected chi connectivity index (χ2v) is 7.97. The molecule has 0 aliphatic carbocycles. The molecule has 0 saturated heterocycles. The maximum absolute atomic E-state index is 13.2. The van der Waals surface area contributed by atoms with Crippen LogP contribution in [-0.2, 0) is 16.1 Å².